The summed E-state index contributed by atoms with van der Waals surface area (Å²) in [4.78, 5) is 2.54. The highest BCUT2D eigenvalue weighted by Crippen LogP contribution is 2.39. The van der Waals surface area contributed by atoms with Crippen molar-refractivity contribution < 1.29 is 0 Å². The van der Waals surface area contributed by atoms with Gasteiger partial charge in [-0.1, -0.05) is 25.1 Å². The van der Waals surface area contributed by atoms with E-state index in [9.17, 15) is 0 Å². The number of rotatable bonds is 2. The number of nitrogens with zero attached hydrogens (tertiary/aromatic N) is 1. The SMILES string of the molecule is CCN1c2ccccc2CC1(C)CC. The molecule has 1 aliphatic rings. The molecule has 1 aliphatic heterocycles. The molecular weight excluding hydrogens is 170 g/mol. The summed E-state index contributed by atoms with van der Waals surface area (Å²) in [6, 6.07) is 8.80. The maximum Gasteiger partial charge on any atom is 0.0412 e. The number of para-hydroxylation sites is 1. The summed E-state index contributed by atoms with van der Waals surface area (Å²) in [5.74, 6) is 0. The van der Waals surface area contributed by atoms with Crippen LogP contribution in [0.3, 0.4) is 0 Å². The minimum absolute atomic E-state index is 0.346. The zero-order valence-corrected chi connectivity index (χ0v) is 9.38. The van der Waals surface area contributed by atoms with Crippen molar-refractivity contribution >= 4 is 5.69 Å². The van der Waals surface area contributed by atoms with E-state index in [-0.39, 0.29) is 0 Å². The highest BCUT2D eigenvalue weighted by atomic mass is 15.2. The minimum Gasteiger partial charge on any atom is -0.366 e. The van der Waals surface area contributed by atoms with Gasteiger partial charge in [0.25, 0.3) is 0 Å². The fourth-order valence-corrected chi connectivity index (χ4v) is 2.59. The monoisotopic (exact) mass is 189 g/mol. The van der Waals surface area contributed by atoms with Gasteiger partial charge in [0.1, 0.15) is 0 Å². The van der Waals surface area contributed by atoms with E-state index in [0.29, 0.717) is 5.54 Å². The summed E-state index contributed by atoms with van der Waals surface area (Å²) in [6.07, 6.45) is 2.42. The minimum atomic E-state index is 0.346. The summed E-state index contributed by atoms with van der Waals surface area (Å²) in [5, 5.41) is 0. The van der Waals surface area contributed by atoms with E-state index in [1.807, 2.05) is 0 Å². The zero-order chi connectivity index (χ0) is 10.2. The van der Waals surface area contributed by atoms with Crippen LogP contribution < -0.4 is 4.90 Å². The lowest BCUT2D eigenvalue weighted by Gasteiger charge is -2.36. The number of hydrogen-bond donors (Lipinski definition) is 0. The van der Waals surface area contributed by atoms with Crippen molar-refractivity contribution in [2.24, 2.45) is 0 Å². The summed E-state index contributed by atoms with van der Waals surface area (Å²) in [6.45, 7) is 8.02. The van der Waals surface area contributed by atoms with Gasteiger partial charge in [-0.3, -0.25) is 0 Å². The summed E-state index contributed by atoms with van der Waals surface area (Å²) in [5.41, 5.74) is 3.30. The van der Waals surface area contributed by atoms with Gasteiger partial charge in [0, 0.05) is 17.8 Å². The molecule has 0 spiro atoms. The van der Waals surface area contributed by atoms with Crippen LogP contribution in [0.15, 0.2) is 24.3 Å². The third-order valence-corrected chi connectivity index (χ3v) is 3.58. The summed E-state index contributed by atoms with van der Waals surface area (Å²) in [7, 11) is 0. The van der Waals surface area contributed by atoms with Crippen LogP contribution in [0.5, 0.6) is 0 Å². The molecule has 0 radical (unpaired) electrons. The number of likely N-dealkylation sites (N-methyl/N-ethyl adjacent to an activating group) is 1. The molecule has 0 aliphatic carbocycles. The van der Waals surface area contributed by atoms with E-state index in [4.69, 9.17) is 0 Å². The fourth-order valence-electron chi connectivity index (χ4n) is 2.59. The van der Waals surface area contributed by atoms with Crippen molar-refractivity contribution in [3.63, 3.8) is 0 Å². The first-order valence-corrected chi connectivity index (χ1v) is 5.57. The zero-order valence-electron chi connectivity index (χ0n) is 9.38. The predicted molar refractivity (Wildman–Crippen MR) is 61.9 cm³/mol. The van der Waals surface area contributed by atoms with Crippen molar-refractivity contribution in [3.8, 4) is 0 Å². The van der Waals surface area contributed by atoms with Gasteiger partial charge >= 0.3 is 0 Å². The number of hydrogen-bond acceptors (Lipinski definition) is 1. The molecule has 0 saturated carbocycles. The van der Waals surface area contributed by atoms with Crippen molar-refractivity contribution in [2.45, 2.75) is 39.2 Å². The first kappa shape index (κ1) is 9.57. The Morgan fingerprint density at radius 3 is 2.64 bits per heavy atom. The second-order valence-electron chi connectivity index (χ2n) is 4.40. The van der Waals surface area contributed by atoms with Crippen molar-refractivity contribution in [3.05, 3.63) is 29.8 Å². The third kappa shape index (κ3) is 1.23. The third-order valence-electron chi connectivity index (χ3n) is 3.58. The molecule has 1 aromatic rings. The van der Waals surface area contributed by atoms with Gasteiger partial charge in [0.2, 0.25) is 0 Å². The second kappa shape index (κ2) is 3.30. The van der Waals surface area contributed by atoms with Crippen LogP contribution in [0.4, 0.5) is 5.69 Å². The van der Waals surface area contributed by atoms with Crippen molar-refractivity contribution in [2.75, 3.05) is 11.4 Å². The quantitative estimate of drug-likeness (QED) is 0.690. The maximum atomic E-state index is 2.54. The van der Waals surface area contributed by atoms with Gasteiger partial charge in [-0.25, -0.2) is 0 Å². The molecule has 0 bridgehead atoms. The van der Waals surface area contributed by atoms with E-state index in [2.05, 4.69) is 49.9 Å². The van der Waals surface area contributed by atoms with Gasteiger partial charge in [-0.05, 0) is 38.3 Å². The predicted octanol–water partition coefficient (Wildman–Crippen LogP) is 3.24. The molecule has 76 valence electrons. The first-order chi connectivity index (χ1) is 6.71. The maximum absolute atomic E-state index is 2.54. The number of anilines is 1. The van der Waals surface area contributed by atoms with E-state index < -0.39 is 0 Å². The lowest BCUT2D eigenvalue weighted by molar-refractivity contribution is 0.434. The molecule has 1 heteroatoms. The van der Waals surface area contributed by atoms with Gasteiger partial charge in [-0.2, -0.15) is 0 Å². The summed E-state index contributed by atoms with van der Waals surface area (Å²) < 4.78 is 0. The van der Waals surface area contributed by atoms with E-state index in [0.717, 1.165) is 6.54 Å². The average molecular weight is 189 g/mol. The Labute approximate surface area is 86.7 Å². The Morgan fingerprint density at radius 1 is 1.29 bits per heavy atom. The average Bonchev–Trinajstić information content (AvgIpc) is 2.50. The van der Waals surface area contributed by atoms with Crippen LogP contribution in [0.25, 0.3) is 0 Å². The van der Waals surface area contributed by atoms with Gasteiger partial charge in [-0.15, -0.1) is 0 Å². The highest BCUT2D eigenvalue weighted by Gasteiger charge is 2.36. The lowest BCUT2D eigenvalue weighted by atomic mass is 9.94. The molecule has 0 aromatic heterocycles. The standard InChI is InChI=1S/C13H19N/c1-4-13(3)10-11-8-6-7-9-12(11)14(13)5-2/h6-9H,4-5,10H2,1-3H3. The Morgan fingerprint density at radius 2 is 2.00 bits per heavy atom. The van der Waals surface area contributed by atoms with Crippen LogP contribution in [0.2, 0.25) is 0 Å². The van der Waals surface area contributed by atoms with E-state index in [1.165, 1.54) is 24.1 Å². The number of fused-ring (bicyclic) bond motifs is 1. The summed E-state index contributed by atoms with van der Waals surface area (Å²) >= 11 is 0. The van der Waals surface area contributed by atoms with Crippen molar-refractivity contribution in [1.29, 1.82) is 0 Å². The highest BCUT2D eigenvalue weighted by molar-refractivity contribution is 5.61. The first-order valence-electron chi connectivity index (χ1n) is 5.57. The molecule has 1 nitrogen and oxygen atoms in total. The molecule has 1 atom stereocenters. The van der Waals surface area contributed by atoms with Gasteiger partial charge in [0.05, 0.1) is 0 Å². The van der Waals surface area contributed by atoms with Crippen molar-refractivity contribution in [1.82, 2.24) is 0 Å². The molecule has 2 rings (SSSR count). The lowest BCUT2D eigenvalue weighted by Crippen LogP contribution is -2.43. The Balaban J connectivity index is 2.43. The molecule has 0 amide bonds. The molecule has 14 heavy (non-hydrogen) atoms. The Hall–Kier alpha value is -0.980. The van der Waals surface area contributed by atoms with Crippen LogP contribution in [0, 0.1) is 0 Å². The Kier molecular flexibility index (Phi) is 2.26. The largest absolute Gasteiger partial charge is 0.366 e. The van der Waals surface area contributed by atoms with E-state index in [1.54, 1.807) is 0 Å². The number of benzene rings is 1. The van der Waals surface area contributed by atoms with Crippen LogP contribution in [0.1, 0.15) is 32.8 Å². The smallest absolute Gasteiger partial charge is 0.0412 e. The molecule has 0 fully saturated rings. The Bertz CT molecular complexity index is 332. The molecule has 0 saturated heterocycles. The molecular formula is C13H19N. The topological polar surface area (TPSA) is 3.24 Å². The van der Waals surface area contributed by atoms with E-state index >= 15 is 0 Å². The fraction of sp³-hybridized carbons (Fsp3) is 0.538. The van der Waals surface area contributed by atoms with Crippen LogP contribution in [-0.4, -0.2) is 12.1 Å². The molecule has 1 unspecified atom stereocenters. The molecule has 1 heterocycles. The normalized spacial score (nSPS) is 25.2. The van der Waals surface area contributed by atoms with Crippen LogP contribution in [-0.2, 0) is 6.42 Å². The van der Waals surface area contributed by atoms with Gasteiger partial charge in [0.15, 0.2) is 0 Å². The van der Waals surface area contributed by atoms with Crippen LogP contribution >= 0.6 is 0 Å². The second-order valence-corrected chi connectivity index (χ2v) is 4.40. The molecule has 0 N–H and O–H groups in total. The van der Waals surface area contributed by atoms with Gasteiger partial charge < -0.3 is 4.90 Å². The molecule has 1 aromatic carbocycles.